The zero-order valence-electron chi connectivity index (χ0n) is 14.4. The van der Waals surface area contributed by atoms with Gasteiger partial charge in [-0.15, -0.1) is 0 Å². The fraction of sp³-hybridized carbons (Fsp3) is 0.158. The van der Waals surface area contributed by atoms with E-state index in [1.165, 1.54) is 7.11 Å². The number of methoxy groups -OCH3 is 1. The molecule has 26 heavy (non-hydrogen) atoms. The summed E-state index contributed by atoms with van der Waals surface area (Å²) in [5, 5.41) is 7.33. The van der Waals surface area contributed by atoms with E-state index in [4.69, 9.17) is 21.1 Å². The number of anilines is 1. The van der Waals surface area contributed by atoms with E-state index in [2.05, 4.69) is 10.4 Å². The van der Waals surface area contributed by atoms with E-state index in [0.29, 0.717) is 34.4 Å². The maximum Gasteiger partial charge on any atom is 0.255 e. The first kappa shape index (κ1) is 17.8. The van der Waals surface area contributed by atoms with Gasteiger partial charge in [0.05, 0.1) is 24.4 Å². The second kappa shape index (κ2) is 7.93. The number of nitrogens with zero attached hydrogens (tertiary/aromatic N) is 2. The van der Waals surface area contributed by atoms with E-state index in [9.17, 15) is 4.79 Å². The van der Waals surface area contributed by atoms with E-state index < -0.39 is 0 Å². The molecule has 1 amide bonds. The topological polar surface area (TPSA) is 65.4 Å². The van der Waals surface area contributed by atoms with E-state index in [0.717, 1.165) is 5.69 Å². The minimum absolute atomic E-state index is 0.292. The molecule has 0 spiro atoms. The van der Waals surface area contributed by atoms with Crippen LogP contribution in [0.5, 0.6) is 11.5 Å². The number of halogens is 1. The van der Waals surface area contributed by atoms with Crippen molar-refractivity contribution in [2.75, 3.05) is 19.0 Å². The van der Waals surface area contributed by atoms with Crippen LogP contribution in [0.25, 0.3) is 5.69 Å². The number of nitrogens with one attached hydrogen (secondary N) is 1. The van der Waals surface area contributed by atoms with Crippen LogP contribution < -0.4 is 14.8 Å². The SMILES string of the molecule is CCOc1c(Cl)cc(C(=O)Nc2ccc(-n3cccn3)cc2)cc1OC. The van der Waals surface area contributed by atoms with E-state index in [-0.39, 0.29) is 5.91 Å². The highest BCUT2D eigenvalue weighted by Gasteiger charge is 2.16. The van der Waals surface area contributed by atoms with Crippen LogP contribution in [0.15, 0.2) is 54.9 Å². The number of amides is 1. The average Bonchev–Trinajstić information content (AvgIpc) is 3.18. The first-order valence-electron chi connectivity index (χ1n) is 8.04. The summed E-state index contributed by atoms with van der Waals surface area (Å²) in [7, 11) is 1.50. The molecule has 0 saturated carbocycles. The minimum Gasteiger partial charge on any atom is -0.493 e. The molecule has 1 aromatic heterocycles. The van der Waals surface area contributed by atoms with Crippen LogP contribution in [-0.2, 0) is 0 Å². The molecule has 7 heteroatoms. The number of hydrogen-bond donors (Lipinski definition) is 1. The molecule has 0 fully saturated rings. The predicted octanol–water partition coefficient (Wildman–Crippen LogP) is 4.19. The normalized spacial score (nSPS) is 10.4. The standard InChI is InChI=1S/C19H18ClN3O3/c1-3-26-18-16(20)11-13(12-17(18)25-2)19(24)22-14-5-7-15(8-6-14)23-10-4-9-21-23/h4-12H,3H2,1-2H3,(H,22,24). The molecular formula is C19H18ClN3O3. The van der Waals surface area contributed by atoms with Crippen LogP contribution in [0.4, 0.5) is 5.69 Å². The van der Waals surface area contributed by atoms with Crippen molar-refractivity contribution < 1.29 is 14.3 Å². The van der Waals surface area contributed by atoms with E-state index in [1.807, 2.05) is 43.5 Å². The van der Waals surface area contributed by atoms with Gasteiger partial charge in [-0.05, 0) is 49.4 Å². The smallest absolute Gasteiger partial charge is 0.255 e. The number of aromatic nitrogens is 2. The Morgan fingerprint density at radius 2 is 2.04 bits per heavy atom. The third-order valence-corrected chi connectivity index (χ3v) is 3.96. The fourth-order valence-corrected chi connectivity index (χ4v) is 2.72. The highest BCUT2D eigenvalue weighted by molar-refractivity contribution is 6.32. The molecule has 0 aliphatic rings. The summed E-state index contributed by atoms with van der Waals surface area (Å²) >= 11 is 6.22. The van der Waals surface area contributed by atoms with Gasteiger partial charge >= 0.3 is 0 Å². The van der Waals surface area contributed by atoms with Crippen molar-refractivity contribution in [3.05, 3.63) is 65.4 Å². The third kappa shape index (κ3) is 3.81. The van der Waals surface area contributed by atoms with Crippen LogP contribution in [0.3, 0.4) is 0 Å². The Labute approximate surface area is 156 Å². The van der Waals surface area contributed by atoms with Crippen LogP contribution in [0.2, 0.25) is 5.02 Å². The van der Waals surface area contributed by atoms with Gasteiger partial charge in [0, 0.05) is 23.6 Å². The van der Waals surface area contributed by atoms with Crippen LogP contribution in [-0.4, -0.2) is 29.4 Å². The zero-order chi connectivity index (χ0) is 18.5. The summed E-state index contributed by atoms with van der Waals surface area (Å²) in [4.78, 5) is 12.5. The zero-order valence-corrected chi connectivity index (χ0v) is 15.2. The number of carbonyl (C=O) groups excluding carboxylic acids is 1. The molecule has 3 aromatic rings. The highest BCUT2D eigenvalue weighted by Crippen LogP contribution is 2.36. The van der Waals surface area contributed by atoms with Gasteiger partial charge < -0.3 is 14.8 Å². The molecule has 1 heterocycles. The molecule has 0 bridgehead atoms. The number of carbonyl (C=O) groups is 1. The van der Waals surface area contributed by atoms with Crippen molar-refractivity contribution in [1.29, 1.82) is 0 Å². The quantitative estimate of drug-likeness (QED) is 0.705. The lowest BCUT2D eigenvalue weighted by atomic mass is 10.1. The molecule has 0 radical (unpaired) electrons. The maximum absolute atomic E-state index is 12.5. The summed E-state index contributed by atoms with van der Waals surface area (Å²) in [6.45, 7) is 2.30. The summed E-state index contributed by atoms with van der Waals surface area (Å²) in [5.74, 6) is 0.551. The van der Waals surface area contributed by atoms with Gasteiger partial charge in [0.2, 0.25) is 0 Å². The molecule has 134 valence electrons. The lowest BCUT2D eigenvalue weighted by Crippen LogP contribution is -2.12. The summed E-state index contributed by atoms with van der Waals surface area (Å²) in [6, 6.07) is 12.4. The van der Waals surface area contributed by atoms with Crippen LogP contribution >= 0.6 is 11.6 Å². The van der Waals surface area contributed by atoms with Crippen molar-refractivity contribution in [3.63, 3.8) is 0 Å². The largest absolute Gasteiger partial charge is 0.493 e. The minimum atomic E-state index is -0.292. The molecule has 0 aliphatic heterocycles. The average molecular weight is 372 g/mol. The first-order valence-corrected chi connectivity index (χ1v) is 8.42. The Morgan fingerprint density at radius 1 is 1.27 bits per heavy atom. The first-order chi connectivity index (χ1) is 12.6. The highest BCUT2D eigenvalue weighted by atomic mass is 35.5. The van der Waals surface area contributed by atoms with Crippen molar-refractivity contribution in [2.24, 2.45) is 0 Å². The Hall–Kier alpha value is -2.99. The summed E-state index contributed by atoms with van der Waals surface area (Å²) in [6.07, 6.45) is 3.56. The fourth-order valence-electron chi connectivity index (χ4n) is 2.46. The number of rotatable bonds is 6. The summed E-state index contributed by atoms with van der Waals surface area (Å²) < 4.78 is 12.5. The maximum atomic E-state index is 12.5. The van der Waals surface area contributed by atoms with Crippen molar-refractivity contribution in [2.45, 2.75) is 6.92 Å². The van der Waals surface area contributed by atoms with Crippen LogP contribution in [0, 0.1) is 0 Å². The summed E-state index contributed by atoms with van der Waals surface area (Å²) in [5.41, 5.74) is 1.94. The molecule has 3 rings (SSSR count). The number of benzene rings is 2. The number of ether oxygens (including phenoxy) is 2. The molecule has 0 atom stereocenters. The van der Waals surface area contributed by atoms with Crippen molar-refractivity contribution >= 4 is 23.2 Å². The Morgan fingerprint density at radius 3 is 2.65 bits per heavy atom. The lowest BCUT2D eigenvalue weighted by Gasteiger charge is -2.13. The van der Waals surface area contributed by atoms with Gasteiger partial charge in [0.15, 0.2) is 11.5 Å². The molecule has 6 nitrogen and oxygen atoms in total. The second-order valence-corrected chi connectivity index (χ2v) is 5.78. The molecule has 0 aliphatic carbocycles. The van der Waals surface area contributed by atoms with Gasteiger partial charge in [0.25, 0.3) is 5.91 Å². The van der Waals surface area contributed by atoms with Crippen molar-refractivity contribution in [1.82, 2.24) is 9.78 Å². The molecule has 0 saturated heterocycles. The second-order valence-electron chi connectivity index (χ2n) is 5.37. The third-order valence-electron chi connectivity index (χ3n) is 3.67. The van der Waals surface area contributed by atoms with Gasteiger partial charge in [-0.2, -0.15) is 5.10 Å². The van der Waals surface area contributed by atoms with Crippen LogP contribution in [0.1, 0.15) is 17.3 Å². The van der Waals surface area contributed by atoms with E-state index in [1.54, 1.807) is 23.0 Å². The molecule has 0 unspecified atom stereocenters. The van der Waals surface area contributed by atoms with Gasteiger partial charge in [-0.3, -0.25) is 4.79 Å². The van der Waals surface area contributed by atoms with Crippen molar-refractivity contribution in [3.8, 4) is 17.2 Å². The number of hydrogen-bond acceptors (Lipinski definition) is 4. The monoisotopic (exact) mass is 371 g/mol. The Bertz CT molecular complexity index is 893. The Kier molecular flexibility index (Phi) is 5.43. The molecule has 1 N–H and O–H groups in total. The molecule has 2 aromatic carbocycles. The van der Waals surface area contributed by atoms with Gasteiger partial charge in [-0.25, -0.2) is 4.68 Å². The predicted molar refractivity (Wildman–Crippen MR) is 101 cm³/mol. The lowest BCUT2D eigenvalue weighted by molar-refractivity contribution is 0.102. The van der Waals surface area contributed by atoms with Gasteiger partial charge in [0.1, 0.15) is 0 Å². The Balaban J connectivity index is 1.78. The molecular weight excluding hydrogens is 354 g/mol. The van der Waals surface area contributed by atoms with Gasteiger partial charge in [-0.1, -0.05) is 11.6 Å². The van der Waals surface area contributed by atoms with E-state index >= 15 is 0 Å².